The van der Waals surface area contributed by atoms with E-state index in [-0.39, 0.29) is 26.9 Å². The zero-order valence-electron chi connectivity index (χ0n) is 24.4. The van der Waals surface area contributed by atoms with Gasteiger partial charge in [0.2, 0.25) is 0 Å². The molecule has 0 radical (unpaired) electrons. The van der Waals surface area contributed by atoms with Crippen molar-refractivity contribution in [3.8, 4) is 11.8 Å². The average molecular weight is 686 g/mol. The normalized spacial score (nSPS) is 14.8. The van der Waals surface area contributed by atoms with Crippen LogP contribution in [0.5, 0.6) is 0 Å². The summed E-state index contributed by atoms with van der Waals surface area (Å²) in [6.07, 6.45) is 1.71. The molecule has 2 heterocycles. The summed E-state index contributed by atoms with van der Waals surface area (Å²) in [6, 6.07) is 34.6. The van der Waals surface area contributed by atoms with Gasteiger partial charge in [-0.1, -0.05) is 108 Å². The van der Waals surface area contributed by atoms with Crippen molar-refractivity contribution in [3.63, 3.8) is 0 Å². The van der Waals surface area contributed by atoms with Crippen LogP contribution in [0.25, 0.3) is 17.3 Å². The van der Waals surface area contributed by atoms with Crippen molar-refractivity contribution in [1.29, 1.82) is 5.26 Å². The summed E-state index contributed by atoms with van der Waals surface area (Å²) in [6.45, 7) is 2.07. The summed E-state index contributed by atoms with van der Waals surface area (Å²) < 4.78 is 1.94. The van der Waals surface area contributed by atoms with Crippen LogP contribution in [0.3, 0.4) is 0 Å². The van der Waals surface area contributed by atoms with E-state index in [4.69, 9.17) is 34.8 Å². The van der Waals surface area contributed by atoms with Gasteiger partial charge in [-0.15, -0.1) is 11.3 Å². The Balaban J connectivity index is 1.38. The third-order valence-electron chi connectivity index (χ3n) is 7.89. The van der Waals surface area contributed by atoms with Crippen LogP contribution in [-0.2, 0) is 4.79 Å². The third-order valence-corrected chi connectivity index (χ3v) is 9.97. The molecule has 1 saturated heterocycles. The summed E-state index contributed by atoms with van der Waals surface area (Å²) in [7, 11) is 0. The van der Waals surface area contributed by atoms with Gasteiger partial charge in [0.1, 0.15) is 10.7 Å². The number of hydrogen-bond acceptors (Lipinski definition) is 5. The molecule has 0 spiro atoms. The number of hydrogen-bond donors (Lipinski definition) is 0. The highest BCUT2D eigenvalue weighted by Gasteiger charge is 2.30. The minimum absolute atomic E-state index is 0.0298. The number of carbonyl (C=O) groups is 1. The second kappa shape index (κ2) is 14.1. The van der Waals surface area contributed by atoms with Gasteiger partial charge in [-0.25, -0.2) is 0 Å². The molecular weight excluding hydrogens is 659 g/mol. The highest BCUT2D eigenvalue weighted by Crippen LogP contribution is 2.30. The number of rotatable bonds is 6. The van der Waals surface area contributed by atoms with Crippen LogP contribution < -0.4 is 14.8 Å². The molecule has 10 heteroatoms. The van der Waals surface area contributed by atoms with Crippen LogP contribution in [0.15, 0.2) is 108 Å². The van der Waals surface area contributed by atoms with E-state index in [2.05, 4.69) is 35.2 Å². The molecule has 1 aromatic heterocycles. The molecule has 6 nitrogen and oxygen atoms in total. The Morgan fingerprint density at radius 2 is 1.41 bits per heavy atom. The molecule has 46 heavy (non-hydrogen) atoms. The number of aromatic nitrogens is 1. The number of carbonyl (C=O) groups excluding carboxylic acids is 1. The van der Waals surface area contributed by atoms with Crippen molar-refractivity contribution >= 4 is 63.7 Å². The molecule has 1 aliphatic heterocycles. The Hall–Kier alpha value is -4.16. The van der Waals surface area contributed by atoms with Crippen LogP contribution in [-0.4, -0.2) is 46.5 Å². The van der Waals surface area contributed by atoms with Gasteiger partial charge in [0.25, 0.3) is 11.5 Å². The van der Waals surface area contributed by atoms with Gasteiger partial charge in [0.05, 0.1) is 26.3 Å². The van der Waals surface area contributed by atoms with E-state index in [1.54, 1.807) is 53.4 Å². The van der Waals surface area contributed by atoms with E-state index in [1.807, 2.05) is 36.4 Å². The Labute approximate surface area is 285 Å². The summed E-state index contributed by atoms with van der Waals surface area (Å²) in [4.78, 5) is 31.9. The Bertz CT molecular complexity index is 2060. The van der Waals surface area contributed by atoms with Crippen molar-refractivity contribution < 1.29 is 4.79 Å². The van der Waals surface area contributed by atoms with Crippen LogP contribution in [0.2, 0.25) is 15.1 Å². The SMILES string of the molecule is N#CC(C(=O)N1CCN(C(c2ccccc2)c2ccccc2)CC1)=c1sc(=Cc2ccc(Cl)cc2)c(=O)n1-c1ccc(Cl)c(Cl)c1. The van der Waals surface area contributed by atoms with Crippen molar-refractivity contribution in [3.05, 3.63) is 154 Å². The summed E-state index contributed by atoms with van der Waals surface area (Å²) >= 11 is 19.6. The first kappa shape index (κ1) is 31.8. The smallest absolute Gasteiger partial charge is 0.273 e. The lowest BCUT2D eigenvalue weighted by molar-refractivity contribution is -0.126. The molecule has 1 aliphatic rings. The fourth-order valence-corrected chi connectivity index (χ4v) is 7.15. The molecule has 5 aromatic rings. The summed E-state index contributed by atoms with van der Waals surface area (Å²) in [5, 5.41) is 11.5. The highest BCUT2D eigenvalue weighted by molar-refractivity contribution is 7.07. The van der Waals surface area contributed by atoms with Crippen molar-refractivity contribution in [2.75, 3.05) is 26.2 Å². The fourth-order valence-electron chi connectivity index (χ4n) is 5.63. The predicted octanol–water partition coefficient (Wildman–Crippen LogP) is 6.30. The number of benzene rings is 4. The van der Waals surface area contributed by atoms with Crippen molar-refractivity contribution in [2.45, 2.75) is 6.04 Å². The Morgan fingerprint density at radius 1 is 0.804 bits per heavy atom. The molecule has 1 amide bonds. The van der Waals surface area contributed by atoms with Gasteiger partial charge < -0.3 is 4.90 Å². The van der Waals surface area contributed by atoms with Crippen LogP contribution >= 0.6 is 46.1 Å². The number of piperazine rings is 1. The van der Waals surface area contributed by atoms with Crippen molar-refractivity contribution in [1.82, 2.24) is 14.4 Å². The van der Waals surface area contributed by atoms with Gasteiger partial charge in [-0.2, -0.15) is 5.26 Å². The average Bonchev–Trinajstić information content (AvgIpc) is 3.39. The number of amides is 1. The first-order valence-corrected chi connectivity index (χ1v) is 16.5. The maximum atomic E-state index is 14.0. The molecule has 0 N–H and O–H groups in total. The number of nitriles is 1. The van der Waals surface area contributed by atoms with Crippen LogP contribution in [0, 0.1) is 11.3 Å². The summed E-state index contributed by atoms with van der Waals surface area (Å²) in [5.74, 6) is -0.425. The van der Waals surface area contributed by atoms with E-state index in [0.29, 0.717) is 46.4 Å². The maximum absolute atomic E-state index is 14.0. The highest BCUT2D eigenvalue weighted by atomic mass is 35.5. The minimum Gasteiger partial charge on any atom is -0.335 e. The summed E-state index contributed by atoms with van der Waals surface area (Å²) in [5.41, 5.74) is 3.01. The monoisotopic (exact) mass is 684 g/mol. The van der Waals surface area contributed by atoms with Crippen LogP contribution in [0.4, 0.5) is 0 Å². The van der Waals surface area contributed by atoms with Crippen LogP contribution in [0.1, 0.15) is 22.7 Å². The predicted molar refractivity (Wildman–Crippen MR) is 186 cm³/mol. The molecule has 4 aromatic carbocycles. The lowest BCUT2D eigenvalue weighted by atomic mass is 9.96. The number of nitrogens with zero attached hydrogens (tertiary/aromatic N) is 4. The maximum Gasteiger partial charge on any atom is 0.273 e. The van der Waals surface area contributed by atoms with E-state index in [9.17, 15) is 14.9 Å². The van der Waals surface area contributed by atoms with Crippen molar-refractivity contribution in [2.24, 2.45) is 0 Å². The quantitative estimate of drug-likeness (QED) is 0.211. The Morgan fingerprint density at radius 3 is 1.98 bits per heavy atom. The molecule has 0 bridgehead atoms. The van der Waals surface area contributed by atoms with Gasteiger partial charge >= 0.3 is 0 Å². The lowest BCUT2D eigenvalue weighted by Gasteiger charge is -2.39. The molecule has 0 saturated carbocycles. The van der Waals surface area contributed by atoms with Gasteiger partial charge in [-0.3, -0.25) is 19.1 Å². The molecule has 230 valence electrons. The second-order valence-electron chi connectivity index (χ2n) is 10.7. The first-order valence-electron chi connectivity index (χ1n) is 14.6. The molecule has 1 fully saturated rings. The zero-order chi connectivity index (χ0) is 32.2. The molecule has 6 rings (SSSR count). The van der Waals surface area contributed by atoms with E-state index in [1.165, 1.54) is 15.7 Å². The molecule has 0 aliphatic carbocycles. The van der Waals surface area contributed by atoms with E-state index >= 15 is 0 Å². The van der Waals surface area contributed by atoms with Gasteiger partial charge in [0, 0.05) is 31.2 Å². The lowest BCUT2D eigenvalue weighted by Crippen LogP contribution is -2.50. The third kappa shape index (κ3) is 6.68. The number of halogens is 3. The molecule has 0 unspecified atom stereocenters. The minimum atomic E-state index is -0.425. The van der Waals surface area contributed by atoms with E-state index in [0.717, 1.165) is 16.9 Å². The number of thiazole rings is 1. The second-order valence-corrected chi connectivity index (χ2v) is 13.0. The molecular formula is C36H27Cl3N4O2S. The van der Waals surface area contributed by atoms with Gasteiger partial charge in [0.15, 0.2) is 5.57 Å². The Kier molecular flexibility index (Phi) is 9.74. The standard InChI is InChI=1S/C36H27Cl3N4O2S/c37-27-13-11-24(12-14-27)21-32-35(45)43(28-15-16-30(38)31(39)22-28)36(46-32)29(23-40)34(44)42-19-17-41(18-20-42)33(25-7-3-1-4-8-25)26-9-5-2-6-10-26/h1-16,21-22,33H,17-20H2. The topological polar surface area (TPSA) is 69.3 Å². The fraction of sp³-hybridized carbons (Fsp3) is 0.139. The largest absolute Gasteiger partial charge is 0.335 e. The molecule has 0 atom stereocenters. The first-order chi connectivity index (χ1) is 22.3. The van der Waals surface area contributed by atoms with E-state index < -0.39 is 5.91 Å². The van der Waals surface area contributed by atoms with Gasteiger partial charge in [-0.05, 0) is 53.1 Å². The zero-order valence-corrected chi connectivity index (χ0v) is 27.5.